The van der Waals surface area contributed by atoms with Gasteiger partial charge >= 0.3 is 5.97 Å². The van der Waals surface area contributed by atoms with Gasteiger partial charge in [0.1, 0.15) is 0 Å². The number of benzene rings is 1. The summed E-state index contributed by atoms with van der Waals surface area (Å²) in [4.78, 5) is 17.6. The molecule has 0 amide bonds. The molecule has 1 heterocycles. The Hall–Kier alpha value is -2.20. The molecule has 0 spiro atoms. The van der Waals surface area contributed by atoms with Crippen molar-refractivity contribution in [3.05, 3.63) is 65.5 Å². The third kappa shape index (κ3) is 3.90. The van der Waals surface area contributed by atoms with Gasteiger partial charge in [-0.3, -0.25) is 4.98 Å². The number of aromatic carboxylic acids is 1. The van der Waals surface area contributed by atoms with Gasteiger partial charge in [-0.2, -0.15) is 0 Å². The van der Waals surface area contributed by atoms with Gasteiger partial charge in [0.15, 0.2) is 0 Å². The fraction of sp³-hybridized carbons (Fsp3) is 0.250. The SMILES string of the molecule is CN(CCc1ccccc1C(=O)O)Cc1ccccn1. The van der Waals surface area contributed by atoms with Gasteiger partial charge < -0.3 is 10.0 Å². The van der Waals surface area contributed by atoms with Crippen LogP contribution in [-0.2, 0) is 13.0 Å². The molecule has 4 heteroatoms. The second-order valence-electron chi connectivity index (χ2n) is 4.77. The Morgan fingerprint density at radius 3 is 2.65 bits per heavy atom. The van der Waals surface area contributed by atoms with E-state index in [0.29, 0.717) is 12.0 Å². The van der Waals surface area contributed by atoms with Gasteiger partial charge in [-0.05, 0) is 37.2 Å². The largest absolute Gasteiger partial charge is 0.478 e. The van der Waals surface area contributed by atoms with Crippen LogP contribution in [0.15, 0.2) is 48.7 Å². The number of pyridine rings is 1. The second-order valence-corrected chi connectivity index (χ2v) is 4.77. The summed E-state index contributed by atoms with van der Waals surface area (Å²) < 4.78 is 0. The maximum absolute atomic E-state index is 11.1. The average molecular weight is 270 g/mol. The molecule has 2 aromatic rings. The Morgan fingerprint density at radius 1 is 1.20 bits per heavy atom. The Balaban J connectivity index is 1.94. The highest BCUT2D eigenvalue weighted by atomic mass is 16.4. The van der Waals surface area contributed by atoms with Gasteiger partial charge in [-0.15, -0.1) is 0 Å². The molecule has 0 bridgehead atoms. The lowest BCUT2D eigenvalue weighted by Crippen LogP contribution is -2.22. The lowest BCUT2D eigenvalue weighted by Gasteiger charge is -2.16. The molecule has 0 fully saturated rings. The quantitative estimate of drug-likeness (QED) is 0.876. The fourth-order valence-electron chi connectivity index (χ4n) is 2.11. The molecule has 1 aromatic heterocycles. The summed E-state index contributed by atoms with van der Waals surface area (Å²) in [6, 6.07) is 13.0. The highest BCUT2D eigenvalue weighted by Gasteiger charge is 2.09. The molecule has 1 N–H and O–H groups in total. The average Bonchev–Trinajstić information content (AvgIpc) is 2.46. The van der Waals surface area contributed by atoms with Gasteiger partial charge in [0.2, 0.25) is 0 Å². The van der Waals surface area contributed by atoms with Gasteiger partial charge in [0.25, 0.3) is 0 Å². The molecule has 0 aliphatic rings. The Morgan fingerprint density at radius 2 is 1.95 bits per heavy atom. The number of aromatic nitrogens is 1. The predicted molar refractivity (Wildman–Crippen MR) is 77.7 cm³/mol. The van der Waals surface area contributed by atoms with E-state index >= 15 is 0 Å². The van der Waals surface area contributed by atoms with E-state index in [0.717, 1.165) is 24.3 Å². The summed E-state index contributed by atoms with van der Waals surface area (Å²) in [5.41, 5.74) is 2.27. The Kier molecular flexibility index (Phi) is 4.85. The summed E-state index contributed by atoms with van der Waals surface area (Å²) >= 11 is 0. The first-order chi connectivity index (χ1) is 9.66. The third-order valence-electron chi connectivity index (χ3n) is 3.17. The van der Waals surface area contributed by atoms with Crippen LogP contribution in [0.2, 0.25) is 0 Å². The van der Waals surface area contributed by atoms with Crippen molar-refractivity contribution in [2.45, 2.75) is 13.0 Å². The van der Waals surface area contributed by atoms with Crippen molar-refractivity contribution in [2.75, 3.05) is 13.6 Å². The molecule has 0 saturated heterocycles. The van der Waals surface area contributed by atoms with Gasteiger partial charge in [0.05, 0.1) is 11.3 Å². The van der Waals surface area contributed by atoms with E-state index in [9.17, 15) is 4.79 Å². The lowest BCUT2D eigenvalue weighted by atomic mass is 10.0. The zero-order valence-electron chi connectivity index (χ0n) is 11.5. The first-order valence-electron chi connectivity index (χ1n) is 6.56. The third-order valence-corrected chi connectivity index (χ3v) is 3.17. The molecule has 0 aliphatic carbocycles. The van der Waals surface area contributed by atoms with E-state index in [1.165, 1.54) is 0 Å². The van der Waals surface area contributed by atoms with Crippen LogP contribution in [-0.4, -0.2) is 34.6 Å². The minimum Gasteiger partial charge on any atom is -0.478 e. The van der Waals surface area contributed by atoms with Crippen molar-refractivity contribution >= 4 is 5.97 Å². The topological polar surface area (TPSA) is 53.4 Å². The van der Waals surface area contributed by atoms with E-state index in [2.05, 4.69) is 9.88 Å². The van der Waals surface area contributed by atoms with Crippen molar-refractivity contribution in [1.82, 2.24) is 9.88 Å². The highest BCUT2D eigenvalue weighted by molar-refractivity contribution is 5.89. The number of hydrogen-bond acceptors (Lipinski definition) is 3. The van der Waals surface area contributed by atoms with Crippen LogP contribution < -0.4 is 0 Å². The van der Waals surface area contributed by atoms with E-state index in [1.54, 1.807) is 18.3 Å². The summed E-state index contributed by atoms with van der Waals surface area (Å²) in [5, 5.41) is 9.14. The summed E-state index contributed by atoms with van der Waals surface area (Å²) in [7, 11) is 2.01. The van der Waals surface area contributed by atoms with Crippen LogP contribution in [0.3, 0.4) is 0 Å². The summed E-state index contributed by atoms with van der Waals surface area (Å²) in [6.07, 6.45) is 2.49. The zero-order valence-corrected chi connectivity index (χ0v) is 11.5. The van der Waals surface area contributed by atoms with Crippen LogP contribution >= 0.6 is 0 Å². The van der Waals surface area contributed by atoms with Gasteiger partial charge in [0, 0.05) is 19.3 Å². The number of rotatable bonds is 6. The van der Waals surface area contributed by atoms with Crippen LogP contribution in [0.5, 0.6) is 0 Å². The molecule has 0 saturated carbocycles. The summed E-state index contributed by atoms with van der Waals surface area (Å²) in [5.74, 6) is -0.868. The number of likely N-dealkylation sites (N-methyl/N-ethyl adjacent to an activating group) is 1. The lowest BCUT2D eigenvalue weighted by molar-refractivity contribution is 0.0695. The van der Waals surface area contributed by atoms with Gasteiger partial charge in [-0.25, -0.2) is 4.79 Å². The number of nitrogens with zero attached hydrogens (tertiary/aromatic N) is 2. The smallest absolute Gasteiger partial charge is 0.335 e. The van der Waals surface area contributed by atoms with Gasteiger partial charge in [-0.1, -0.05) is 24.3 Å². The molecule has 1 aromatic carbocycles. The molecule has 104 valence electrons. The van der Waals surface area contributed by atoms with E-state index < -0.39 is 5.97 Å². The predicted octanol–water partition coefficient (Wildman–Crippen LogP) is 2.45. The number of hydrogen-bond donors (Lipinski definition) is 1. The number of carboxylic acid groups (broad SMARTS) is 1. The Labute approximate surface area is 118 Å². The molecule has 0 aliphatic heterocycles. The molecular formula is C16H18N2O2. The van der Waals surface area contributed by atoms with Crippen LogP contribution in [0, 0.1) is 0 Å². The fourth-order valence-corrected chi connectivity index (χ4v) is 2.11. The minimum atomic E-state index is -0.868. The van der Waals surface area contributed by atoms with E-state index in [-0.39, 0.29) is 0 Å². The van der Waals surface area contributed by atoms with Crippen molar-refractivity contribution in [2.24, 2.45) is 0 Å². The normalized spacial score (nSPS) is 10.7. The molecule has 4 nitrogen and oxygen atoms in total. The molecule has 20 heavy (non-hydrogen) atoms. The van der Waals surface area contributed by atoms with E-state index in [4.69, 9.17) is 5.11 Å². The van der Waals surface area contributed by atoms with Crippen LogP contribution in [0.4, 0.5) is 0 Å². The number of carboxylic acids is 1. The van der Waals surface area contributed by atoms with Crippen molar-refractivity contribution in [3.8, 4) is 0 Å². The van der Waals surface area contributed by atoms with Crippen molar-refractivity contribution < 1.29 is 9.90 Å². The van der Waals surface area contributed by atoms with Crippen LogP contribution in [0.1, 0.15) is 21.6 Å². The minimum absolute atomic E-state index is 0.388. The van der Waals surface area contributed by atoms with E-state index in [1.807, 2.05) is 37.4 Å². The molecule has 2 rings (SSSR count). The monoisotopic (exact) mass is 270 g/mol. The number of carbonyl (C=O) groups is 1. The summed E-state index contributed by atoms with van der Waals surface area (Å²) in [6.45, 7) is 1.55. The second kappa shape index (κ2) is 6.82. The van der Waals surface area contributed by atoms with Crippen molar-refractivity contribution in [1.29, 1.82) is 0 Å². The molecule has 0 unspecified atom stereocenters. The van der Waals surface area contributed by atoms with Crippen LogP contribution in [0.25, 0.3) is 0 Å². The molecule has 0 radical (unpaired) electrons. The highest BCUT2D eigenvalue weighted by Crippen LogP contribution is 2.10. The van der Waals surface area contributed by atoms with Crippen molar-refractivity contribution in [3.63, 3.8) is 0 Å². The zero-order chi connectivity index (χ0) is 14.4. The maximum atomic E-state index is 11.1. The first kappa shape index (κ1) is 14.2. The Bertz CT molecular complexity index is 570. The standard InChI is InChI=1S/C16H18N2O2/c1-18(12-14-7-4-5-10-17-14)11-9-13-6-2-3-8-15(13)16(19)20/h2-8,10H,9,11-12H2,1H3,(H,19,20). The molecular weight excluding hydrogens is 252 g/mol. The maximum Gasteiger partial charge on any atom is 0.335 e. The molecule has 0 atom stereocenters. The first-order valence-corrected chi connectivity index (χ1v) is 6.56.